The average Bonchev–Trinajstić information content (AvgIpc) is 2.93. The summed E-state index contributed by atoms with van der Waals surface area (Å²) in [6.07, 6.45) is 0.161. The number of carbonyl (C=O) groups is 2. The molecule has 5 heteroatoms. The molecule has 0 aromatic heterocycles. The number of hydrogen-bond donors (Lipinski definition) is 1. The van der Waals surface area contributed by atoms with Gasteiger partial charge in [0.2, 0.25) is 11.8 Å². The molecule has 2 aromatic carbocycles. The first-order valence-electron chi connectivity index (χ1n) is 7.88. The highest BCUT2D eigenvalue weighted by Gasteiger charge is 2.35. The number of nitrogens with one attached hydrogen (secondary N) is 1. The van der Waals surface area contributed by atoms with Crippen molar-refractivity contribution in [2.45, 2.75) is 20.3 Å². The van der Waals surface area contributed by atoms with Crippen molar-refractivity contribution in [2.24, 2.45) is 5.92 Å². The third kappa shape index (κ3) is 3.30. The van der Waals surface area contributed by atoms with Crippen molar-refractivity contribution in [3.8, 4) is 0 Å². The van der Waals surface area contributed by atoms with Crippen LogP contribution < -0.4 is 10.2 Å². The molecule has 1 fully saturated rings. The second-order valence-electron chi connectivity index (χ2n) is 6.19. The van der Waals surface area contributed by atoms with Crippen LogP contribution in [0.2, 0.25) is 0 Å². The number of aryl methyl sites for hydroxylation is 2. The van der Waals surface area contributed by atoms with Crippen LogP contribution >= 0.6 is 0 Å². The Balaban J connectivity index is 1.70. The van der Waals surface area contributed by atoms with Crippen molar-refractivity contribution < 1.29 is 14.0 Å². The zero-order valence-electron chi connectivity index (χ0n) is 13.7. The minimum absolute atomic E-state index is 0.123. The molecule has 3 rings (SSSR count). The van der Waals surface area contributed by atoms with Gasteiger partial charge in [0.25, 0.3) is 0 Å². The van der Waals surface area contributed by atoms with Gasteiger partial charge in [-0.05, 0) is 49.7 Å². The number of rotatable bonds is 3. The summed E-state index contributed by atoms with van der Waals surface area (Å²) in [6, 6.07) is 11.5. The summed E-state index contributed by atoms with van der Waals surface area (Å²) in [5.74, 6) is -1.06. The van der Waals surface area contributed by atoms with E-state index in [1.165, 1.54) is 17.0 Å². The fourth-order valence-corrected chi connectivity index (χ4v) is 2.94. The predicted octanol–water partition coefficient (Wildman–Crippen LogP) is 3.43. The van der Waals surface area contributed by atoms with Crippen molar-refractivity contribution in [1.82, 2.24) is 0 Å². The van der Waals surface area contributed by atoms with Gasteiger partial charge < -0.3 is 10.2 Å². The molecule has 0 unspecified atom stereocenters. The second-order valence-corrected chi connectivity index (χ2v) is 6.19. The number of hydrogen-bond acceptors (Lipinski definition) is 2. The van der Waals surface area contributed by atoms with Gasteiger partial charge in [-0.1, -0.05) is 17.7 Å². The molecule has 1 saturated heterocycles. The highest BCUT2D eigenvalue weighted by atomic mass is 19.1. The van der Waals surface area contributed by atoms with Gasteiger partial charge in [0.05, 0.1) is 5.92 Å². The Labute approximate surface area is 140 Å². The molecule has 4 nitrogen and oxygen atoms in total. The van der Waals surface area contributed by atoms with Crippen LogP contribution in [0.3, 0.4) is 0 Å². The van der Waals surface area contributed by atoms with Crippen molar-refractivity contribution in [3.63, 3.8) is 0 Å². The van der Waals surface area contributed by atoms with Gasteiger partial charge in [0.15, 0.2) is 0 Å². The van der Waals surface area contributed by atoms with Crippen LogP contribution in [-0.2, 0) is 9.59 Å². The Morgan fingerprint density at radius 1 is 1.17 bits per heavy atom. The van der Waals surface area contributed by atoms with E-state index in [1.807, 2.05) is 32.0 Å². The standard InChI is InChI=1S/C19H19FN2O2/c1-12-3-8-17(13(2)9-12)21-19(24)14-10-18(23)22(11-14)16-6-4-15(20)5-7-16/h3-9,14H,10-11H2,1-2H3,(H,21,24)/t14-/m0/s1. The number of amides is 2. The van der Waals surface area contributed by atoms with Gasteiger partial charge in [-0.15, -0.1) is 0 Å². The average molecular weight is 326 g/mol. The van der Waals surface area contributed by atoms with Crippen molar-refractivity contribution in [1.29, 1.82) is 0 Å². The van der Waals surface area contributed by atoms with E-state index in [1.54, 1.807) is 12.1 Å². The van der Waals surface area contributed by atoms with E-state index in [4.69, 9.17) is 0 Å². The fraction of sp³-hybridized carbons (Fsp3) is 0.263. The summed E-state index contributed by atoms with van der Waals surface area (Å²) >= 11 is 0. The van der Waals surface area contributed by atoms with Crippen LogP contribution in [0.25, 0.3) is 0 Å². The van der Waals surface area contributed by atoms with Crippen LogP contribution in [0, 0.1) is 25.6 Å². The molecule has 2 aromatic rings. The fourth-order valence-electron chi connectivity index (χ4n) is 2.94. The molecule has 2 amide bonds. The number of anilines is 2. The lowest BCUT2D eigenvalue weighted by molar-refractivity contribution is -0.122. The zero-order valence-corrected chi connectivity index (χ0v) is 13.7. The van der Waals surface area contributed by atoms with Crippen molar-refractivity contribution in [2.75, 3.05) is 16.8 Å². The predicted molar refractivity (Wildman–Crippen MR) is 91.4 cm³/mol. The Kier molecular flexibility index (Phi) is 4.34. The van der Waals surface area contributed by atoms with E-state index in [0.29, 0.717) is 12.2 Å². The van der Waals surface area contributed by atoms with Gasteiger partial charge in [-0.25, -0.2) is 4.39 Å². The van der Waals surface area contributed by atoms with Crippen LogP contribution in [0.4, 0.5) is 15.8 Å². The second kappa shape index (κ2) is 6.43. The smallest absolute Gasteiger partial charge is 0.229 e. The normalized spacial score (nSPS) is 17.2. The summed E-state index contributed by atoms with van der Waals surface area (Å²) < 4.78 is 13.0. The van der Waals surface area contributed by atoms with Crippen molar-refractivity contribution in [3.05, 3.63) is 59.4 Å². The van der Waals surface area contributed by atoms with Crippen LogP contribution in [0.15, 0.2) is 42.5 Å². The molecule has 1 aliphatic heterocycles. The lowest BCUT2D eigenvalue weighted by Crippen LogP contribution is -2.28. The molecule has 1 aliphatic rings. The first kappa shape index (κ1) is 16.2. The number of carbonyl (C=O) groups excluding carboxylic acids is 2. The maximum absolute atomic E-state index is 13.0. The minimum Gasteiger partial charge on any atom is -0.326 e. The maximum Gasteiger partial charge on any atom is 0.229 e. The summed E-state index contributed by atoms with van der Waals surface area (Å²) in [6.45, 7) is 4.24. The Hall–Kier alpha value is -2.69. The van der Waals surface area contributed by atoms with Crippen LogP contribution in [0.1, 0.15) is 17.5 Å². The number of nitrogens with zero attached hydrogens (tertiary/aromatic N) is 1. The first-order valence-corrected chi connectivity index (χ1v) is 7.88. The van der Waals surface area contributed by atoms with E-state index >= 15 is 0 Å². The van der Waals surface area contributed by atoms with E-state index in [2.05, 4.69) is 5.32 Å². The van der Waals surface area contributed by atoms with E-state index in [0.717, 1.165) is 16.8 Å². The molecule has 1 N–H and O–H groups in total. The van der Waals surface area contributed by atoms with E-state index in [-0.39, 0.29) is 24.1 Å². The lowest BCUT2D eigenvalue weighted by atomic mass is 10.1. The monoisotopic (exact) mass is 326 g/mol. The molecule has 1 heterocycles. The highest BCUT2D eigenvalue weighted by Crippen LogP contribution is 2.26. The summed E-state index contributed by atoms with van der Waals surface area (Å²) in [4.78, 5) is 26.2. The molecule has 24 heavy (non-hydrogen) atoms. The Morgan fingerprint density at radius 2 is 1.88 bits per heavy atom. The molecular formula is C19H19FN2O2. The molecule has 0 spiro atoms. The van der Waals surface area contributed by atoms with Crippen molar-refractivity contribution >= 4 is 23.2 Å². The largest absolute Gasteiger partial charge is 0.326 e. The maximum atomic E-state index is 13.0. The molecule has 0 aliphatic carbocycles. The van der Waals surface area contributed by atoms with Crippen LogP contribution in [0.5, 0.6) is 0 Å². The zero-order chi connectivity index (χ0) is 17.3. The first-order chi connectivity index (χ1) is 11.4. The molecule has 0 bridgehead atoms. The third-order valence-electron chi connectivity index (χ3n) is 4.27. The third-order valence-corrected chi connectivity index (χ3v) is 4.27. The quantitative estimate of drug-likeness (QED) is 0.939. The number of halogens is 1. The van der Waals surface area contributed by atoms with Gasteiger partial charge in [0.1, 0.15) is 5.82 Å². The summed E-state index contributed by atoms with van der Waals surface area (Å²) in [5.41, 5.74) is 3.49. The molecule has 124 valence electrons. The van der Waals surface area contributed by atoms with Gasteiger partial charge in [-0.3, -0.25) is 9.59 Å². The van der Waals surface area contributed by atoms with E-state index in [9.17, 15) is 14.0 Å². The van der Waals surface area contributed by atoms with E-state index < -0.39 is 5.92 Å². The Bertz CT molecular complexity index is 786. The SMILES string of the molecule is Cc1ccc(NC(=O)[C@H]2CC(=O)N(c3ccc(F)cc3)C2)c(C)c1. The van der Waals surface area contributed by atoms with Gasteiger partial charge in [-0.2, -0.15) is 0 Å². The molecule has 0 radical (unpaired) electrons. The topological polar surface area (TPSA) is 49.4 Å². The Morgan fingerprint density at radius 3 is 2.54 bits per heavy atom. The highest BCUT2D eigenvalue weighted by molar-refractivity contribution is 6.03. The van der Waals surface area contributed by atoms with Gasteiger partial charge in [0, 0.05) is 24.3 Å². The number of benzene rings is 2. The summed E-state index contributed by atoms with van der Waals surface area (Å²) in [7, 11) is 0. The molecular weight excluding hydrogens is 307 g/mol. The van der Waals surface area contributed by atoms with Crippen LogP contribution in [-0.4, -0.2) is 18.4 Å². The molecule has 1 atom stereocenters. The van der Waals surface area contributed by atoms with Gasteiger partial charge >= 0.3 is 0 Å². The minimum atomic E-state index is -0.414. The molecule has 0 saturated carbocycles. The summed E-state index contributed by atoms with van der Waals surface area (Å²) in [5, 5.41) is 2.90. The lowest BCUT2D eigenvalue weighted by Gasteiger charge is -2.17.